The zero-order valence-corrected chi connectivity index (χ0v) is 18.0. The number of rotatable bonds is 2. The van der Waals surface area contributed by atoms with Gasteiger partial charge < -0.3 is 9.64 Å². The van der Waals surface area contributed by atoms with E-state index in [1.165, 1.54) is 26.8 Å². The van der Waals surface area contributed by atoms with Gasteiger partial charge in [0.25, 0.3) is 10.0 Å². The minimum Gasteiger partial charge on any atom is -0.371 e. The highest BCUT2D eigenvalue weighted by Crippen LogP contribution is 2.45. The smallest absolute Gasteiger partial charge is 0.266 e. The molecule has 1 spiro atoms. The van der Waals surface area contributed by atoms with E-state index in [1.807, 2.05) is 12.1 Å². The maximum absolute atomic E-state index is 12.9. The number of ether oxygens (including phenoxy) is 1. The maximum atomic E-state index is 12.9. The number of aromatic nitrogens is 1. The molecule has 0 saturated carbocycles. The summed E-state index contributed by atoms with van der Waals surface area (Å²) in [5.41, 5.74) is 4.38. The fraction of sp³-hybridized carbons (Fsp3) is 0.318. The Morgan fingerprint density at radius 1 is 1.07 bits per heavy atom. The second-order valence-electron chi connectivity index (χ2n) is 8.05. The fourth-order valence-corrected chi connectivity index (χ4v) is 7.39. The lowest BCUT2D eigenvalue weighted by molar-refractivity contribution is -0.0551. The Hall–Kier alpha value is -2.42. The number of anilines is 2. The lowest BCUT2D eigenvalue weighted by Gasteiger charge is -2.40. The topological polar surface area (TPSA) is 62.7 Å². The van der Waals surface area contributed by atoms with Gasteiger partial charge in [0.1, 0.15) is 0 Å². The van der Waals surface area contributed by atoms with E-state index in [2.05, 4.69) is 34.1 Å². The summed E-state index contributed by atoms with van der Waals surface area (Å²) in [4.78, 5) is 6.92. The highest BCUT2D eigenvalue weighted by atomic mass is 32.2. The third-order valence-corrected chi connectivity index (χ3v) is 9.25. The maximum Gasteiger partial charge on any atom is 0.266 e. The second kappa shape index (κ2) is 6.54. The molecule has 0 amide bonds. The molecular formula is C22H21N3O3S2. The Labute approximate surface area is 179 Å². The molecule has 0 aliphatic carbocycles. The highest BCUT2D eigenvalue weighted by molar-refractivity contribution is 7.93. The molecule has 0 N–H and O–H groups in total. The first-order valence-corrected chi connectivity index (χ1v) is 12.4. The van der Waals surface area contributed by atoms with Crippen LogP contribution >= 0.6 is 11.3 Å². The SMILES string of the molecule is O=S1(=O)c2ccc(N3CCC4(CC3)OCc3ccccc34)cc2CN1c1nccs1. The van der Waals surface area contributed by atoms with Gasteiger partial charge in [-0.2, -0.15) is 0 Å². The van der Waals surface area contributed by atoms with Crippen molar-refractivity contribution in [2.24, 2.45) is 0 Å². The summed E-state index contributed by atoms with van der Waals surface area (Å²) in [6.45, 7) is 2.80. The predicted molar refractivity (Wildman–Crippen MR) is 116 cm³/mol. The number of sulfonamides is 1. The van der Waals surface area contributed by atoms with E-state index in [9.17, 15) is 8.42 Å². The van der Waals surface area contributed by atoms with Gasteiger partial charge in [0.15, 0.2) is 5.13 Å². The van der Waals surface area contributed by atoms with Gasteiger partial charge in [0.05, 0.1) is 23.6 Å². The molecule has 3 aromatic rings. The van der Waals surface area contributed by atoms with Crippen molar-refractivity contribution in [3.8, 4) is 0 Å². The van der Waals surface area contributed by atoms with Crippen molar-refractivity contribution in [3.63, 3.8) is 0 Å². The zero-order chi connectivity index (χ0) is 20.3. The van der Waals surface area contributed by atoms with Crippen LogP contribution in [0.15, 0.2) is 58.9 Å². The molecule has 3 aliphatic heterocycles. The van der Waals surface area contributed by atoms with Gasteiger partial charge in [0.2, 0.25) is 0 Å². The molecule has 30 heavy (non-hydrogen) atoms. The molecular weight excluding hydrogens is 418 g/mol. The molecule has 3 aliphatic rings. The summed E-state index contributed by atoms with van der Waals surface area (Å²) in [5.74, 6) is 0. The lowest BCUT2D eigenvalue weighted by Crippen LogP contribution is -2.42. The summed E-state index contributed by atoms with van der Waals surface area (Å²) < 4.78 is 33.5. The van der Waals surface area contributed by atoms with E-state index >= 15 is 0 Å². The van der Waals surface area contributed by atoms with Crippen molar-refractivity contribution in [1.82, 2.24) is 4.98 Å². The average molecular weight is 440 g/mol. The van der Waals surface area contributed by atoms with Crippen molar-refractivity contribution in [3.05, 3.63) is 70.7 Å². The van der Waals surface area contributed by atoms with E-state index < -0.39 is 10.0 Å². The monoisotopic (exact) mass is 439 g/mol. The Morgan fingerprint density at radius 2 is 1.90 bits per heavy atom. The second-order valence-corrected chi connectivity index (χ2v) is 10.7. The van der Waals surface area contributed by atoms with Gasteiger partial charge in [-0.15, -0.1) is 11.3 Å². The number of hydrogen-bond acceptors (Lipinski definition) is 6. The highest BCUT2D eigenvalue weighted by Gasteiger charge is 2.43. The number of nitrogens with zero attached hydrogens (tertiary/aromatic N) is 3. The molecule has 0 radical (unpaired) electrons. The lowest BCUT2D eigenvalue weighted by atomic mass is 9.83. The van der Waals surface area contributed by atoms with Crippen LogP contribution in [0.1, 0.15) is 29.5 Å². The number of hydrogen-bond donors (Lipinski definition) is 0. The third kappa shape index (κ3) is 2.64. The summed E-state index contributed by atoms with van der Waals surface area (Å²) >= 11 is 1.34. The molecule has 6 rings (SSSR count). The molecule has 4 heterocycles. The van der Waals surface area contributed by atoms with Crippen LogP contribution in [0.25, 0.3) is 0 Å². The summed E-state index contributed by atoms with van der Waals surface area (Å²) in [6, 6.07) is 14.2. The van der Waals surface area contributed by atoms with Gasteiger partial charge in [-0.25, -0.2) is 17.7 Å². The normalized spacial score (nSPS) is 21.1. The minimum absolute atomic E-state index is 0.172. The van der Waals surface area contributed by atoms with Gasteiger partial charge in [0, 0.05) is 30.4 Å². The van der Waals surface area contributed by atoms with Crippen molar-refractivity contribution in [2.75, 3.05) is 22.3 Å². The first kappa shape index (κ1) is 18.4. The molecule has 1 saturated heterocycles. The first-order chi connectivity index (χ1) is 14.6. The Kier molecular flexibility index (Phi) is 4.00. The van der Waals surface area contributed by atoms with Crippen molar-refractivity contribution < 1.29 is 13.2 Å². The Balaban J connectivity index is 1.25. The van der Waals surface area contributed by atoms with Crippen molar-refractivity contribution in [1.29, 1.82) is 0 Å². The van der Waals surface area contributed by atoms with E-state index in [1.54, 1.807) is 17.6 Å². The van der Waals surface area contributed by atoms with Crippen LogP contribution in [0, 0.1) is 0 Å². The van der Waals surface area contributed by atoms with Crippen LogP contribution in [0.4, 0.5) is 10.8 Å². The van der Waals surface area contributed by atoms with Crippen LogP contribution in [0.3, 0.4) is 0 Å². The summed E-state index contributed by atoms with van der Waals surface area (Å²) in [7, 11) is -3.53. The van der Waals surface area contributed by atoms with Crippen molar-refractivity contribution in [2.45, 2.75) is 36.5 Å². The van der Waals surface area contributed by atoms with Gasteiger partial charge in [-0.3, -0.25) is 0 Å². The van der Waals surface area contributed by atoms with Gasteiger partial charge >= 0.3 is 0 Å². The number of benzene rings is 2. The standard InChI is InChI=1S/C22H21N3O3S2/c26-30(27)20-6-5-18(13-17(20)14-25(30)21-23-9-12-29-21)24-10-7-22(8-11-24)19-4-2-1-3-16(19)15-28-22/h1-6,9,12-13H,7-8,10-11,14-15H2. The molecule has 2 aromatic carbocycles. The molecule has 8 heteroatoms. The molecule has 1 fully saturated rings. The molecule has 1 aromatic heterocycles. The average Bonchev–Trinajstić information content (AvgIpc) is 3.47. The van der Waals surface area contributed by atoms with E-state index in [-0.39, 0.29) is 5.60 Å². The largest absolute Gasteiger partial charge is 0.371 e. The van der Waals surface area contributed by atoms with E-state index in [0.29, 0.717) is 23.2 Å². The Morgan fingerprint density at radius 3 is 2.70 bits per heavy atom. The van der Waals surface area contributed by atoms with Crippen LogP contribution < -0.4 is 9.21 Å². The van der Waals surface area contributed by atoms with E-state index in [4.69, 9.17) is 4.74 Å². The number of fused-ring (bicyclic) bond motifs is 3. The van der Waals surface area contributed by atoms with E-state index in [0.717, 1.165) is 37.2 Å². The van der Waals surface area contributed by atoms with Gasteiger partial charge in [-0.1, -0.05) is 24.3 Å². The molecule has 0 atom stereocenters. The van der Waals surface area contributed by atoms with Crippen LogP contribution in [0.2, 0.25) is 0 Å². The molecule has 154 valence electrons. The molecule has 0 unspecified atom stereocenters. The van der Waals surface area contributed by atoms with Crippen molar-refractivity contribution >= 4 is 32.2 Å². The third-order valence-electron chi connectivity index (χ3n) is 6.51. The fourth-order valence-electron chi connectivity index (χ4n) is 4.93. The Bertz CT molecular complexity index is 1220. The summed E-state index contributed by atoms with van der Waals surface area (Å²) in [6.07, 6.45) is 3.51. The van der Waals surface area contributed by atoms with Gasteiger partial charge in [-0.05, 0) is 47.7 Å². The van der Waals surface area contributed by atoms with Crippen LogP contribution in [-0.2, 0) is 33.5 Å². The number of piperidine rings is 1. The number of thiazole rings is 1. The predicted octanol–water partition coefficient (Wildman–Crippen LogP) is 3.88. The first-order valence-electron chi connectivity index (χ1n) is 10.1. The minimum atomic E-state index is -3.53. The van der Waals surface area contributed by atoms with Crippen LogP contribution in [0.5, 0.6) is 0 Å². The quantitative estimate of drug-likeness (QED) is 0.606. The zero-order valence-electron chi connectivity index (χ0n) is 16.3. The molecule has 0 bridgehead atoms. The van der Waals surface area contributed by atoms with Crippen LogP contribution in [-0.4, -0.2) is 26.5 Å². The summed E-state index contributed by atoms with van der Waals surface area (Å²) in [5, 5.41) is 2.32. The molecule has 6 nitrogen and oxygen atoms in total.